The Morgan fingerprint density at radius 2 is 1.71 bits per heavy atom. The molecule has 0 aliphatic heterocycles. The summed E-state index contributed by atoms with van der Waals surface area (Å²) in [6, 6.07) is 2.31. The van der Waals surface area contributed by atoms with Gasteiger partial charge in [-0.3, -0.25) is 9.59 Å². The molecule has 0 aromatic heterocycles. The smallest absolute Gasteiger partial charge is 0.257 e. The van der Waals surface area contributed by atoms with E-state index in [1.165, 1.54) is 6.07 Å². The lowest BCUT2D eigenvalue weighted by molar-refractivity contribution is -0.123. The molecule has 1 aromatic rings. The Hall–Kier alpha value is -2.02. The van der Waals surface area contributed by atoms with Crippen LogP contribution in [-0.4, -0.2) is 37.5 Å². The number of hydrogen-bond acceptors (Lipinski definition) is 3. The summed E-state index contributed by atoms with van der Waals surface area (Å²) in [7, 11) is 0. The van der Waals surface area contributed by atoms with Gasteiger partial charge in [0.1, 0.15) is 23.2 Å². The van der Waals surface area contributed by atoms with Gasteiger partial charge in [0, 0.05) is 13.1 Å². The lowest BCUT2D eigenvalue weighted by Crippen LogP contribution is -2.51. The van der Waals surface area contributed by atoms with Gasteiger partial charge in [-0.25, -0.2) is 8.78 Å². The number of benzene rings is 1. The molecule has 5 nitrogen and oxygen atoms in total. The largest absolute Gasteiger partial charge is 0.353 e. The molecule has 1 rings (SSSR count). The molecule has 0 bridgehead atoms. The van der Waals surface area contributed by atoms with Gasteiger partial charge in [-0.05, 0) is 31.0 Å². The van der Waals surface area contributed by atoms with Gasteiger partial charge in [-0.1, -0.05) is 26.8 Å². The van der Waals surface area contributed by atoms with E-state index in [-0.39, 0.29) is 11.8 Å². The molecule has 24 heavy (non-hydrogen) atoms. The van der Waals surface area contributed by atoms with Crippen LogP contribution >= 0.6 is 0 Å². The molecule has 0 aliphatic carbocycles. The average molecular weight is 341 g/mol. The maximum Gasteiger partial charge on any atom is 0.257 e. The maximum atomic E-state index is 13.7. The minimum Gasteiger partial charge on any atom is -0.353 e. The van der Waals surface area contributed by atoms with Crippen molar-refractivity contribution < 1.29 is 18.4 Å². The highest BCUT2D eigenvalue weighted by atomic mass is 19.1. The highest BCUT2D eigenvalue weighted by Gasteiger charge is 2.26. The monoisotopic (exact) mass is 341 g/mol. The highest BCUT2D eigenvalue weighted by molar-refractivity contribution is 5.98. The third kappa shape index (κ3) is 5.88. The summed E-state index contributed by atoms with van der Waals surface area (Å²) in [5, 5.41) is 8.26. The van der Waals surface area contributed by atoms with E-state index < -0.39 is 29.1 Å². The summed E-state index contributed by atoms with van der Waals surface area (Å²) in [5.74, 6) is -3.47. The molecule has 134 valence electrons. The van der Waals surface area contributed by atoms with E-state index in [4.69, 9.17) is 0 Å². The lowest BCUT2D eigenvalue weighted by Gasteiger charge is -2.22. The molecule has 1 atom stereocenters. The summed E-state index contributed by atoms with van der Waals surface area (Å²) in [5.41, 5.74) is -0.680. The van der Waals surface area contributed by atoms with Crippen molar-refractivity contribution in [3.8, 4) is 0 Å². The number of amides is 2. The zero-order valence-corrected chi connectivity index (χ0v) is 14.3. The first-order valence-electron chi connectivity index (χ1n) is 8.11. The molecule has 3 N–H and O–H groups in total. The third-order valence-corrected chi connectivity index (χ3v) is 3.45. The first kappa shape index (κ1) is 20.0. The van der Waals surface area contributed by atoms with E-state index in [9.17, 15) is 18.4 Å². The van der Waals surface area contributed by atoms with Crippen LogP contribution in [0.3, 0.4) is 0 Å². The van der Waals surface area contributed by atoms with Gasteiger partial charge in [-0.2, -0.15) is 0 Å². The van der Waals surface area contributed by atoms with Gasteiger partial charge in [0.15, 0.2) is 0 Å². The molecule has 7 heteroatoms. The molecule has 1 unspecified atom stereocenters. The number of halogens is 2. The molecule has 1 aromatic carbocycles. The summed E-state index contributed by atoms with van der Waals surface area (Å²) in [4.78, 5) is 24.4. The SMILES string of the molecule is CCCNCCNC(=O)C(NC(=O)c1c(F)cccc1F)C(C)C. The van der Waals surface area contributed by atoms with Crippen molar-refractivity contribution in [1.82, 2.24) is 16.0 Å². The predicted molar refractivity (Wildman–Crippen MR) is 88.6 cm³/mol. The van der Waals surface area contributed by atoms with Gasteiger partial charge in [0.25, 0.3) is 5.91 Å². The van der Waals surface area contributed by atoms with Crippen molar-refractivity contribution in [2.45, 2.75) is 33.2 Å². The lowest BCUT2D eigenvalue weighted by atomic mass is 10.0. The van der Waals surface area contributed by atoms with Gasteiger partial charge in [-0.15, -0.1) is 0 Å². The van der Waals surface area contributed by atoms with E-state index in [2.05, 4.69) is 16.0 Å². The Morgan fingerprint density at radius 1 is 1.08 bits per heavy atom. The fourth-order valence-electron chi connectivity index (χ4n) is 2.15. The van der Waals surface area contributed by atoms with Crippen molar-refractivity contribution in [3.63, 3.8) is 0 Å². The summed E-state index contributed by atoms with van der Waals surface area (Å²) < 4.78 is 27.3. The minimum absolute atomic E-state index is 0.229. The van der Waals surface area contributed by atoms with Gasteiger partial charge in [0.2, 0.25) is 5.91 Å². The Balaban J connectivity index is 2.68. The molecule has 0 fully saturated rings. The highest BCUT2D eigenvalue weighted by Crippen LogP contribution is 2.13. The topological polar surface area (TPSA) is 70.2 Å². The van der Waals surface area contributed by atoms with E-state index in [1.807, 2.05) is 6.92 Å². The normalized spacial score (nSPS) is 12.1. The Bertz CT molecular complexity index is 545. The Morgan fingerprint density at radius 3 is 2.25 bits per heavy atom. The van der Waals surface area contributed by atoms with Crippen molar-refractivity contribution in [3.05, 3.63) is 35.4 Å². The molecule has 0 aliphatic rings. The van der Waals surface area contributed by atoms with E-state index >= 15 is 0 Å². The zero-order chi connectivity index (χ0) is 18.1. The van der Waals surface area contributed by atoms with Crippen molar-refractivity contribution in [2.24, 2.45) is 5.92 Å². The predicted octanol–water partition coefficient (Wildman–Crippen LogP) is 1.83. The van der Waals surface area contributed by atoms with Crippen molar-refractivity contribution >= 4 is 11.8 Å². The van der Waals surface area contributed by atoms with Crippen LogP contribution in [0.4, 0.5) is 8.78 Å². The van der Waals surface area contributed by atoms with Crippen LogP contribution in [-0.2, 0) is 4.79 Å². The number of hydrogen-bond donors (Lipinski definition) is 3. The molecule has 0 saturated carbocycles. The van der Waals surface area contributed by atoms with Gasteiger partial charge < -0.3 is 16.0 Å². The van der Waals surface area contributed by atoms with Crippen LogP contribution in [0.15, 0.2) is 18.2 Å². The fraction of sp³-hybridized carbons (Fsp3) is 0.529. The van der Waals surface area contributed by atoms with Crippen LogP contribution in [0.2, 0.25) is 0 Å². The standard InChI is InChI=1S/C17H25F2N3O2/c1-4-8-20-9-10-21-17(24)15(11(2)3)22-16(23)14-12(18)6-5-7-13(14)19/h5-7,11,15,20H,4,8-10H2,1-3H3,(H,21,24)(H,22,23). The quantitative estimate of drug-likeness (QED) is 0.600. The van der Waals surface area contributed by atoms with E-state index in [1.54, 1.807) is 13.8 Å². The maximum absolute atomic E-state index is 13.7. The number of nitrogens with one attached hydrogen (secondary N) is 3. The molecular formula is C17H25F2N3O2. The Labute approximate surface area is 141 Å². The fourth-order valence-corrected chi connectivity index (χ4v) is 2.15. The van der Waals surface area contributed by atoms with Crippen LogP contribution in [0.1, 0.15) is 37.6 Å². The molecular weight excluding hydrogens is 316 g/mol. The summed E-state index contributed by atoms with van der Waals surface area (Å²) in [6.45, 7) is 7.41. The van der Waals surface area contributed by atoms with Crippen molar-refractivity contribution in [1.29, 1.82) is 0 Å². The number of carbonyl (C=O) groups is 2. The minimum atomic E-state index is -0.959. The Kier molecular flexibility index (Phi) is 8.32. The van der Waals surface area contributed by atoms with Crippen LogP contribution in [0.5, 0.6) is 0 Å². The second-order valence-electron chi connectivity index (χ2n) is 5.83. The molecule has 2 amide bonds. The summed E-state index contributed by atoms with van der Waals surface area (Å²) in [6.07, 6.45) is 0.993. The third-order valence-electron chi connectivity index (χ3n) is 3.45. The van der Waals surface area contributed by atoms with E-state index in [0.29, 0.717) is 13.1 Å². The molecule has 0 radical (unpaired) electrons. The van der Waals surface area contributed by atoms with Crippen LogP contribution in [0.25, 0.3) is 0 Å². The van der Waals surface area contributed by atoms with Crippen molar-refractivity contribution in [2.75, 3.05) is 19.6 Å². The van der Waals surface area contributed by atoms with Crippen LogP contribution < -0.4 is 16.0 Å². The van der Waals surface area contributed by atoms with Gasteiger partial charge in [0.05, 0.1) is 0 Å². The molecule has 0 heterocycles. The van der Waals surface area contributed by atoms with E-state index in [0.717, 1.165) is 25.1 Å². The first-order valence-corrected chi connectivity index (χ1v) is 8.11. The molecule has 0 spiro atoms. The second-order valence-corrected chi connectivity index (χ2v) is 5.83. The number of rotatable bonds is 9. The second kappa shape index (κ2) is 9.97. The van der Waals surface area contributed by atoms with Crippen LogP contribution in [0, 0.1) is 17.6 Å². The van der Waals surface area contributed by atoms with Gasteiger partial charge >= 0.3 is 0 Å². The average Bonchev–Trinajstić information content (AvgIpc) is 2.51. The zero-order valence-electron chi connectivity index (χ0n) is 14.3. The number of carbonyl (C=O) groups excluding carboxylic acids is 2. The summed E-state index contributed by atoms with van der Waals surface area (Å²) >= 11 is 0. The molecule has 0 saturated heterocycles. The first-order chi connectivity index (χ1) is 11.4.